The van der Waals surface area contributed by atoms with Crippen LogP contribution in [0.25, 0.3) is 11.5 Å². The van der Waals surface area contributed by atoms with Crippen molar-refractivity contribution in [1.29, 1.82) is 0 Å². The van der Waals surface area contributed by atoms with Crippen LogP contribution < -0.4 is 9.64 Å². The number of nitrogens with zero attached hydrogens (tertiary/aromatic N) is 3. The molecule has 24 heavy (non-hydrogen) atoms. The van der Waals surface area contributed by atoms with E-state index >= 15 is 0 Å². The minimum atomic E-state index is 0.0500. The summed E-state index contributed by atoms with van der Waals surface area (Å²) < 4.78 is 10.9. The van der Waals surface area contributed by atoms with Gasteiger partial charge in [0.2, 0.25) is 11.8 Å². The first-order valence-electron chi connectivity index (χ1n) is 7.68. The van der Waals surface area contributed by atoms with Crippen LogP contribution in [0.3, 0.4) is 0 Å². The molecule has 0 unspecified atom stereocenters. The summed E-state index contributed by atoms with van der Waals surface area (Å²) in [5.74, 6) is 1.74. The number of methoxy groups -OCH3 is 1. The predicted octanol–water partition coefficient (Wildman–Crippen LogP) is 2.74. The first-order chi connectivity index (χ1) is 11.8. The molecule has 0 amide bonds. The smallest absolute Gasteiger partial charge is 0.247 e. The van der Waals surface area contributed by atoms with Crippen molar-refractivity contribution in [2.24, 2.45) is 0 Å². The fourth-order valence-electron chi connectivity index (χ4n) is 2.39. The van der Waals surface area contributed by atoms with Gasteiger partial charge < -0.3 is 19.2 Å². The molecule has 3 rings (SSSR count). The Morgan fingerprint density at radius 2 is 1.79 bits per heavy atom. The minimum Gasteiger partial charge on any atom is -0.497 e. The number of para-hydroxylation sites is 1. The Bertz CT molecular complexity index is 757. The second-order valence-corrected chi connectivity index (χ2v) is 5.21. The molecule has 1 heterocycles. The molecular weight excluding hydrogens is 306 g/mol. The van der Waals surface area contributed by atoms with E-state index in [4.69, 9.17) is 9.15 Å². The number of anilines is 1. The van der Waals surface area contributed by atoms with Crippen LogP contribution >= 0.6 is 0 Å². The van der Waals surface area contributed by atoms with Gasteiger partial charge in [0.25, 0.3) is 0 Å². The maximum atomic E-state index is 9.29. The zero-order chi connectivity index (χ0) is 16.8. The maximum absolute atomic E-state index is 9.29. The van der Waals surface area contributed by atoms with Crippen LogP contribution in [0.4, 0.5) is 5.69 Å². The molecule has 0 aliphatic heterocycles. The molecule has 0 radical (unpaired) electrons. The van der Waals surface area contributed by atoms with Crippen LogP contribution in [0.5, 0.6) is 5.75 Å². The molecular formula is C18H19N3O3. The van der Waals surface area contributed by atoms with E-state index in [1.807, 2.05) is 59.5 Å². The fraction of sp³-hybridized carbons (Fsp3) is 0.222. The average molecular weight is 325 g/mol. The third-order valence-electron chi connectivity index (χ3n) is 3.62. The Morgan fingerprint density at radius 1 is 1.04 bits per heavy atom. The van der Waals surface area contributed by atoms with E-state index in [2.05, 4.69) is 10.2 Å². The van der Waals surface area contributed by atoms with Gasteiger partial charge in [-0.2, -0.15) is 0 Å². The van der Waals surface area contributed by atoms with Gasteiger partial charge in [-0.05, 0) is 36.4 Å². The van der Waals surface area contributed by atoms with Crippen molar-refractivity contribution in [2.75, 3.05) is 25.2 Å². The van der Waals surface area contributed by atoms with Crippen molar-refractivity contribution in [1.82, 2.24) is 10.2 Å². The van der Waals surface area contributed by atoms with E-state index in [9.17, 15) is 5.11 Å². The van der Waals surface area contributed by atoms with Crippen molar-refractivity contribution in [3.63, 3.8) is 0 Å². The van der Waals surface area contributed by atoms with Crippen LogP contribution in [0.2, 0.25) is 0 Å². The highest BCUT2D eigenvalue weighted by atomic mass is 16.5. The molecule has 6 heteroatoms. The molecule has 3 aromatic rings. The van der Waals surface area contributed by atoms with Gasteiger partial charge in [-0.1, -0.05) is 18.2 Å². The van der Waals surface area contributed by atoms with Crippen LogP contribution in [-0.2, 0) is 6.54 Å². The number of ether oxygens (including phenoxy) is 1. The normalized spacial score (nSPS) is 10.6. The highest BCUT2D eigenvalue weighted by Gasteiger charge is 2.13. The number of rotatable bonds is 7. The summed E-state index contributed by atoms with van der Waals surface area (Å²) in [6.07, 6.45) is 0. The van der Waals surface area contributed by atoms with Gasteiger partial charge in [0.15, 0.2) is 0 Å². The van der Waals surface area contributed by atoms with Gasteiger partial charge >= 0.3 is 0 Å². The zero-order valence-corrected chi connectivity index (χ0v) is 13.4. The lowest BCUT2D eigenvalue weighted by Crippen LogP contribution is -2.26. The van der Waals surface area contributed by atoms with E-state index in [1.54, 1.807) is 7.11 Å². The number of hydrogen-bond acceptors (Lipinski definition) is 6. The number of aliphatic hydroxyl groups is 1. The molecule has 0 aliphatic carbocycles. The maximum Gasteiger partial charge on any atom is 0.247 e. The lowest BCUT2D eigenvalue weighted by molar-refractivity contribution is 0.300. The molecule has 2 aromatic carbocycles. The lowest BCUT2D eigenvalue weighted by Gasteiger charge is -2.21. The highest BCUT2D eigenvalue weighted by molar-refractivity contribution is 5.54. The summed E-state index contributed by atoms with van der Waals surface area (Å²) in [6, 6.07) is 17.3. The largest absolute Gasteiger partial charge is 0.497 e. The molecule has 6 nitrogen and oxygen atoms in total. The molecule has 0 spiro atoms. The Hall–Kier alpha value is -2.86. The standard InChI is InChI=1S/C18H19N3O3/c1-23-16-9-7-14(8-10-16)18-20-19-17(24-18)13-21(11-12-22)15-5-3-2-4-6-15/h2-10,22H,11-13H2,1H3. The van der Waals surface area contributed by atoms with Crippen LogP contribution in [0, 0.1) is 0 Å². The second kappa shape index (κ2) is 7.61. The van der Waals surface area contributed by atoms with Crippen LogP contribution in [-0.4, -0.2) is 35.6 Å². The first kappa shape index (κ1) is 16.0. The summed E-state index contributed by atoms with van der Waals surface area (Å²) in [4.78, 5) is 1.99. The van der Waals surface area contributed by atoms with Crippen molar-refractivity contribution >= 4 is 5.69 Å². The van der Waals surface area contributed by atoms with E-state index in [0.717, 1.165) is 17.0 Å². The molecule has 1 aromatic heterocycles. The molecule has 0 aliphatic rings. The molecule has 0 atom stereocenters. The number of aliphatic hydroxyl groups excluding tert-OH is 1. The number of hydrogen-bond donors (Lipinski definition) is 1. The van der Waals surface area contributed by atoms with Crippen LogP contribution in [0.1, 0.15) is 5.89 Å². The van der Waals surface area contributed by atoms with Gasteiger partial charge in [-0.25, -0.2) is 0 Å². The highest BCUT2D eigenvalue weighted by Crippen LogP contribution is 2.22. The Morgan fingerprint density at radius 3 is 2.46 bits per heavy atom. The first-order valence-corrected chi connectivity index (χ1v) is 7.68. The van der Waals surface area contributed by atoms with Crippen molar-refractivity contribution in [3.05, 3.63) is 60.5 Å². The number of aromatic nitrogens is 2. The molecule has 0 bridgehead atoms. The topological polar surface area (TPSA) is 71.6 Å². The summed E-state index contributed by atoms with van der Waals surface area (Å²) >= 11 is 0. The summed E-state index contributed by atoms with van der Waals surface area (Å²) in [6.45, 7) is 0.979. The third-order valence-corrected chi connectivity index (χ3v) is 3.62. The van der Waals surface area contributed by atoms with E-state index in [1.165, 1.54) is 0 Å². The SMILES string of the molecule is COc1ccc(-c2nnc(CN(CCO)c3ccccc3)o2)cc1. The Labute approximate surface area is 140 Å². The fourth-order valence-corrected chi connectivity index (χ4v) is 2.39. The number of benzene rings is 2. The van der Waals surface area contributed by atoms with E-state index in [-0.39, 0.29) is 6.61 Å². The second-order valence-electron chi connectivity index (χ2n) is 5.21. The Kier molecular flexibility index (Phi) is 5.08. The van der Waals surface area contributed by atoms with Gasteiger partial charge in [0.1, 0.15) is 5.75 Å². The third kappa shape index (κ3) is 3.72. The summed E-state index contributed by atoms with van der Waals surface area (Å²) in [5.41, 5.74) is 1.83. The molecule has 0 fully saturated rings. The minimum absolute atomic E-state index is 0.0500. The van der Waals surface area contributed by atoms with Gasteiger partial charge in [0, 0.05) is 17.8 Å². The monoisotopic (exact) mass is 325 g/mol. The van der Waals surface area contributed by atoms with Crippen LogP contribution in [0.15, 0.2) is 59.0 Å². The van der Waals surface area contributed by atoms with E-state index < -0.39 is 0 Å². The molecule has 0 saturated heterocycles. The van der Waals surface area contributed by atoms with Crippen molar-refractivity contribution < 1.29 is 14.3 Å². The van der Waals surface area contributed by atoms with E-state index in [0.29, 0.717) is 24.9 Å². The predicted molar refractivity (Wildman–Crippen MR) is 90.9 cm³/mol. The lowest BCUT2D eigenvalue weighted by atomic mass is 10.2. The zero-order valence-electron chi connectivity index (χ0n) is 13.4. The molecule has 124 valence electrons. The van der Waals surface area contributed by atoms with Gasteiger partial charge in [-0.3, -0.25) is 0 Å². The Balaban J connectivity index is 1.76. The summed E-state index contributed by atoms with van der Waals surface area (Å²) in [5, 5.41) is 17.5. The molecule has 0 saturated carbocycles. The van der Waals surface area contributed by atoms with Gasteiger partial charge in [-0.15, -0.1) is 10.2 Å². The van der Waals surface area contributed by atoms with Gasteiger partial charge in [0.05, 0.1) is 20.3 Å². The quantitative estimate of drug-likeness (QED) is 0.720. The molecule has 1 N–H and O–H groups in total. The van der Waals surface area contributed by atoms with Crippen molar-refractivity contribution in [2.45, 2.75) is 6.54 Å². The average Bonchev–Trinajstić information content (AvgIpc) is 3.11. The summed E-state index contributed by atoms with van der Waals surface area (Å²) in [7, 11) is 1.62. The van der Waals surface area contributed by atoms with Crippen molar-refractivity contribution in [3.8, 4) is 17.2 Å².